The smallest absolute Gasteiger partial charge is 0.418 e. The zero-order valence-corrected chi connectivity index (χ0v) is 5.45. The molecule has 0 aliphatic rings. The molecule has 0 unspecified atom stereocenters. The van der Waals surface area contributed by atoms with Gasteiger partial charge < -0.3 is 17.3 Å². The number of rotatable bonds is 1. The molecule has 0 radical (unpaired) electrons. The van der Waals surface area contributed by atoms with E-state index in [2.05, 4.69) is 0 Å². The fourth-order valence-electron chi connectivity index (χ4n) is 0.112. The van der Waals surface area contributed by atoms with E-state index >= 15 is 0 Å². The first kappa shape index (κ1) is 12.0. The number of halogens is 4. The summed E-state index contributed by atoms with van der Waals surface area (Å²) in [6.45, 7) is 1.99. The van der Waals surface area contributed by atoms with Crippen molar-refractivity contribution in [2.24, 2.45) is 0 Å². The molecular weight excluding hydrogens is 149 g/mol. The van der Waals surface area contributed by atoms with Gasteiger partial charge in [0, 0.05) is 6.42 Å². The van der Waals surface area contributed by atoms with Crippen LogP contribution < -0.4 is 0 Å². The van der Waals surface area contributed by atoms with Crippen molar-refractivity contribution in [1.82, 2.24) is 0 Å². The first-order chi connectivity index (χ1) is 4.41. The van der Waals surface area contributed by atoms with Crippen molar-refractivity contribution in [3.63, 3.8) is 0 Å². The van der Waals surface area contributed by atoms with Gasteiger partial charge in [0.1, 0.15) is 0 Å². The number of nitriles is 1. The van der Waals surface area contributed by atoms with Gasteiger partial charge in [-0.15, -0.1) is 0 Å². The van der Waals surface area contributed by atoms with Crippen LogP contribution in [0.1, 0.15) is 19.8 Å². The fraction of sp³-hybridized carbons (Fsp3) is 0.750. The lowest BCUT2D eigenvalue weighted by Gasteiger charge is -1.94. The van der Waals surface area contributed by atoms with E-state index in [0.29, 0.717) is 6.42 Å². The molecule has 1 nitrogen and oxygen atoms in total. The Morgan fingerprint density at radius 3 is 1.60 bits per heavy atom. The summed E-state index contributed by atoms with van der Waals surface area (Å²) in [6.07, 6.45) is 1.68. The third-order valence-electron chi connectivity index (χ3n) is 0.362. The van der Waals surface area contributed by atoms with Crippen molar-refractivity contribution >= 4 is 7.25 Å². The minimum Gasteiger partial charge on any atom is -0.418 e. The Balaban J connectivity index is 0. The van der Waals surface area contributed by atoms with Crippen molar-refractivity contribution in [2.75, 3.05) is 0 Å². The maximum atomic E-state index is 9.75. The quantitative estimate of drug-likeness (QED) is 0.422. The Hall–Kier alpha value is -0.725. The van der Waals surface area contributed by atoms with Crippen molar-refractivity contribution in [3.8, 4) is 6.07 Å². The standard InChI is InChI=1S/C4H7N.BF4/c1-2-3-4-5;2-1(3,4)5/h2-3H2,1H3;/q;-1. The Bertz CT molecular complexity index is 98.8. The highest BCUT2D eigenvalue weighted by Crippen LogP contribution is 2.06. The molecule has 0 fully saturated rings. The van der Waals surface area contributed by atoms with Gasteiger partial charge in [-0.1, -0.05) is 6.92 Å². The van der Waals surface area contributed by atoms with Gasteiger partial charge in [-0.05, 0) is 6.42 Å². The van der Waals surface area contributed by atoms with Gasteiger partial charge in [0.05, 0.1) is 6.07 Å². The lowest BCUT2D eigenvalue weighted by atomic mass is 10.3. The van der Waals surface area contributed by atoms with Gasteiger partial charge in [0.2, 0.25) is 0 Å². The maximum absolute atomic E-state index is 9.75. The summed E-state index contributed by atoms with van der Waals surface area (Å²) in [5, 5.41) is 7.82. The Morgan fingerprint density at radius 2 is 1.60 bits per heavy atom. The van der Waals surface area contributed by atoms with Crippen LogP contribution in [0.2, 0.25) is 0 Å². The van der Waals surface area contributed by atoms with Crippen LogP contribution in [0.25, 0.3) is 0 Å². The van der Waals surface area contributed by atoms with Crippen LogP contribution in [0, 0.1) is 11.3 Å². The normalized spacial score (nSPS) is 9.20. The average molecular weight is 156 g/mol. The van der Waals surface area contributed by atoms with Crippen LogP contribution in [0.5, 0.6) is 0 Å². The molecule has 0 aliphatic carbocycles. The lowest BCUT2D eigenvalue weighted by Crippen LogP contribution is -2.02. The van der Waals surface area contributed by atoms with Gasteiger partial charge in [-0.2, -0.15) is 5.26 Å². The Kier molecular flexibility index (Phi) is 7.67. The molecule has 0 aliphatic heterocycles. The molecule has 0 aromatic heterocycles. The van der Waals surface area contributed by atoms with E-state index in [4.69, 9.17) is 5.26 Å². The Morgan fingerprint density at radius 1 is 1.30 bits per heavy atom. The number of hydrogen-bond donors (Lipinski definition) is 0. The van der Waals surface area contributed by atoms with Crippen LogP contribution in [-0.4, -0.2) is 7.25 Å². The van der Waals surface area contributed by atoms with E-state index in [-0.39, 0.29) is 0 Å². The topological polar surface area (TPSA) is 23.8 Å². The van der Waals surface area contributed by atoms with Crippen LogP contribution >= 0.6 is 0 Å². The van der Waals surface area contributed by atoms with Gasteiger partial charge in [-0.3, -0.25) is 0 Å². The van der Waals surface area contributed by atoms with Crippen LogP contribution in [0.15, 0.2) is 0 Å². The highest BCUT2D eigenvalue weighted by atomic mass is 19.5. The molecular formula is C4H7BF4N-. The molecule has 0 atom stereocenters. The molecule has 0 bridgehead atoms. The van der Waals surface area contributed by atoms with Crippen LogP contribution in [0.4, 0.5) is 17.3 Å². The van der Waals surface area contributed by atoms with Crippen molar-refractivity contribution < 1.29 is 17.3 Å². The molecule has 6 heteroatoms. The third-order valence-corrected chi connectivity index (χ3v) is 0.362. The van der Waals surface area contributed by atoms with Gasteiger partial charge >= 0.3 is 7.25 Å². The van der Waals surface area contributed by atoms with E-state index in [0.717, 1.165) is 6.42 Å². The molecule has 0 rings (SSSR count). The summed E-state index contributed by atoms with van der Waals surface area (Å²) in [5.41, 5.74) is 0. The molecule has 0 spiro atoms. The molecule has 0 amide bonds. The van der Waals surface area contributed by atoms with Crippen molar-refractivity contribution in [1.29, 1.82) is 5.26 Å². The predicted octanol–water partition coefficient (Wildman–Crippen LogP) is 2.61. The second kappa shape index (κ2) is 6.40. The van der Waals surface area contributed by atoms with E-state index < -0.39 is 7.25 Å². The van der Waals surface area contributed by atoms with E-state index in [9.17, 15) is 17.3 Å². The number of nitrogens with zero attached hydrogens (tertiary/aromatic N) is 1. The zero-order valence-electron chi connectivity index (χ0n) is 5.45. The molecule has 0 heterocycles. The summed E-state index contributed by atoms with van der Waals surface area (Å²) in [5.74, 6) is 0. The van der Waals surface area contributed by atoms with E-state index in [1.165, 1.54) is 0 Å². The maximum Gasteiger partial charge on any atom is 0.673 e. The summed E-state index contributed by atoms with van der Waals surface area (Å²) in [4.78, 5) is 0. The molecule has 0 saturated carbocycles. The fourth-order valence-corrected chi connectivity index (χ4v) is 0.112. The summed E-state index contributed by atoms with van der Waals surface area (Å²) in [6, 6.07) is 2.02. The second-order valence-electron chi connectivity index (χ2n) is 1.40. The Labute approximate surface area is 56.7 Å². The van der Waals surface area contributed by atoms with E-state index in [1.54, 1.807) is 0 Å². The average Bonchev–Trinajstić information content (AvgIpc) is 1.63. The zero-order chi connectivity index (χ0) is 8.62. The minimum atomic E-state index is -6.00. The summed E-state index contributed by atoms with van der Waals surface area (Å²) < 4.78 is 39.0. The molecule has 10 heavy (non-hydrogen) atoms. The predicted molar refractivity (Wildman–Crippen MR) is 30.7 cm³/mol. The van der Waals surface area contributed by atoms with Gasteiger partial charge in [0.25, 0.3) is 0 Å². The van der Waals surface area contributed by atoms with E-state index in [1.807, 2.05) is 13.0 Å². The molecule has 0 aromatic rings. The van der Waals surface area contributed by atoms with Crippen LogP contribution in [0.3, 0.4) is 0 Å². The molecule has 0 N–H and O–H groups in total. The number of hydrogen-bond acceptors (Lipinski definition) is 1. The largest absolute Gasteiger partial charge is 0.673 e. The van der Waals surface area contributed by atoms with Crippen molar-refractivity contribution in [2.45, 2.75) is 19.8 Å². The summed E-state index contributed by atoms with van der Waals surface area (Å²) >= 11 is 0. The highest BCUT2D eigenvalue weighted by Gasteiger charge is 2.20. The second-order valence-corrected chi connectivity index (χ2v) is 1.40. The molecule has 0 aromatic carbocycles. The van der Waals surface area contributed by atoms with Crippen molar-refractivity contribution in [3.05, 3.63) is 0 Å². The van der Waals surface area contributed by atoms with Gasteiger partial charge in [0.15, 0.2) is 0 Å². The first-order valence-corrected chi connectivity index (χ1v) is 2.66. The molecule has 0 saturated heterocycles. The number of unbranched alkanes of at least 4 members (excludes halogenated alkanes) is 1. The third kappa shape index (κ3) is 176. The monoisotopic (exact) mass is 156 g/mol. The first-order valence-electron chi connectivity index (χ1n) is 2.66. The van der Waals surface area contributed by atoms with Crippen LogP contribution in [-0.2, 0) is 0 Å². The van der Waals surface area contributed by atoms with Gasteiger partial charge in [-0.25, -0.2) is 0 Å². The SMILES string of the molecule is CCCC#N.F[B-](F)(F)F. The lowest BCUT2D eigenvalue weighted by molar-refractivity contribution is 0.368. The summed E-state index contributed by atoms with van der Waals surface area (Å²) in [7, 11) is -6.00. The highest BCUT2D eigenvalue weighted by molar-refractivity contribution is 6.50. The minimum absolute atomic E-state index is 0.694. The molecule has 60 valence electrons.